The number of rotatable bonds is 2. The van der Waals surface area contributed by atoms with Crippen LogP contribution in [0, 0.1) is 0 Å². The summed E-state index contributed by atoms with van der Waals surface area (Å²) in [4.78, 5) is 33.5. The molecule has 1 aromatic heterocycles. The first-order valence-electron chi connectivity index (χ1n) is 7.03. The highest BCUT2D eigenvalue weighted by Crippen LogP contribution is 2.17. The molecule has 1 aromatic rings. The number of carbonyl (C=O) groups is 2. The van der Waals surface area contributed by atoms with Crippen molar-refractivity contribution >= 4 is 11.8 Å². The second-order valence-electron chi connectivity index (χ2n) is 5.21. The van der Waals surface area contributed by atoms with Crippen molar-refractivity contribution in [3.63, 3.8) is 0 Å². The molecule has 3 heterocycles. The van der Waals surface area contributed by atoms with Crippen LogP contribution >= 0.6 is 0 Å². The lowest BCUT2D eigenvalue weighted by molar-refractivity contribution is -0.145. The third-order valence-corrected chi connectivity index (χ3v) is 4.03. The fourth-order valence-electron chi connectivity index (χ4n) is 2.93. The molecule has 0 spiro atoms. The van der Waals surface area contributed by atoms with Crippen LogP contribution in [0.5, 0.6) is 0 Å². The van der Waals surface area contributed by atoms with Crippen molar-refractivity contribution in [2.24, 2.45) is 0 Å². The highest BCUT2D eigenvalue weighted by atomic mass is 16.2. The van der Waals surface area contributed by atoms with Gasteiger partial charge in [0.15, 0.2) is 0 Å². The van der Waals surface area contributed by atoms with Gasteiger partial charge in [0.05, 0.1) is 23.8 Å². The minimum absolute atomic E-state index is 0.000324. The summed E-state index contributed by atoms with van der Waals surface area (Å²) in [6.07, 6.45) is 2.87. The van der Waals surface area contributed by atoms with E-state index in [1.165, 1.54) is 0 Å². The Balaban J connectivity index is 1.74. The molecule has 2 aliphatic heterocycles. The van der Waals surface area contributed by atoms with E-state index < -0.39 is 0 Å². The zero-order valence-corrected chi connectivity index (χ0v) is 11.5. The van der Waals surface area contributed by atoms with E-state index in [-0.39, 0.29) is 23.9 Å². The second kappa shape index (κ2) is 5.24. The fraction of sp³-hybridized carbons (Fsp3) is 0.615. The van der Waals surface area contributed by atoms with Gasteiger partial charge in [-0.15, -0.1) is 0 Å². The normalized spacial score (nSPS) is 26.1. The van der Waals surface area contributed by atoms with Crippen LogP contribution in [0.1, 0.15) is 24.7 Å². The molecule has 7 heteroatoms. The molecule has 20 heavy (non-hydrogen) atoms. The number of imidazole rings is 1. The van der Waals surface area contributed by atoms with Crippen LogP contribution in [0.3, 0.4) is 0 Å². The molecule has 2 amide bonds. The summed E-state index contributed by atoms with van der Waals surface area (Å²) in [6.45, 7) is 3.65. The second-order valence-corrected chi connectivity index (χ2v) is 5.21. The zero-order valence-electron chi connectivity index (χ0n) is 11.5. The highest BCUT2D eigenvalue weighted by molar-refractivity contribution is 5.91. The molecule has 108 valence electrons. The van der Waals surface area contributed by atoms with E-state index in [1.807, 2.05) is 6.92 Å². The Morgan fingerprint density at radius 2 is 2.40 bits per heavy atom. The lowest BCUT2D eigenvalue weighted by Crippen LogP contribution is -2.61. The van der Waals surface area contributed by atoms with Crippen LogP contribution in [0.25, 0.3) is 0 Å². The van der Waals surface area contributed by atoms with Gasteiger partial charge < -0.3 is 15.2 Å². The highest BCUT2D eigenvalue weighted by Gasteiger charge is 2.36. The van der Waals surface area contributed by atoms with E-state index in [1.54, 1.807) is 11.2 Å². The predicted molar refractivity (Wildman–Crippen MR) is 71.7 cm³/mol. The number of piperazine rings is 1. The Bertz CT molecular complexity index is 527. The number of fused-ring (bicyclic) bond motifs is 1. The number of nitrogens with zero attached hydrogens (tertiary/aromatic N) is 2. The molecule has 0 radical (unpaired) electrons. The van der Waals surface area contributed by atoms with Gasteiger partial charge in [0.1, 0.15) is 6.04 Å². The van der Waals surface area contributed by atoms with Gasteiger partial charge in [0.25, 0.3) is 0 Å². The maximum Gasteiger partial charge on any atom is 0.242 e. The number of H-pyrrole nitrogens is 1. The first kappa shape index (κ1) is 13.1. The Hall–Kier alpha value is -1.89. The maximum atomic E-state index is 12.6. The summed E-state index contributed by atoms with van der Waals surface area (Å²) >= 11 is 0. The SMILES string of the molecule is CCC1C(=O)NCCN1C(=O)C1Cc2nc[nH]c2CN1. The van der Waals surface area contributed by atoms with Gasteiger partial charge in [0.2, 0.25) is 11.8 Å². The topological polar surface area (TPSA) is 90.1 Å². The first-order valence-corrected chi connectivity index (χ1v) is 7.03. The molecule has 2 atom stereocenters. The molecule has 0 aromatic carbocycles. The van der Waals surface area contributed by atoms with Gasteiger partial charge in [-0.25, -0.2) is 4.98 Å². The maximum absolute atomic E-state index is 12.6. The molecule has 2 aliphatic rings. The monoisotopic (exact) mass is 277 g/mol. The molecule has 0 bridgehead atoms. The van der Waals surface area contributed by atoms with Crippen molar-refractivity contribution in [3.05, 3.63) is 17.7 Å². The Labute approximate surface area is 117 Å². The average Bonchev–Trinajstić information content (AvgIpc) is 2.93. The fourth-order valence-corrected chi connectivity index (χ4v) is 2.93. The van der Waals surface area contributed by atoms with Crippen LogP contribution < -0.4 is 10.6 Å². The molecule has 1 saturated heterocycles. The predicted octanol–water partition coefficient (Wildman–Crippen LogP) is -0.839. The number of carbonyl (C=O) groups excluding carboxylic acids is 2. The largest absolute Gasteiger partial charge is 0.353 e. The van der Waals surface area contributed by atoms with Crippen LogP contribution in [-0.4, -0.2) is 51.9 Å². The molecule has 7 nitrogen and oxygen atoms in total. The minimum atomic E-state index is -0.348. The smallest absolute Gasteiger partial charge is 0.242 e. The third-order valence-electron chi connectivity index (χ3n) is 4.03. The van der Waals surface area contributed by atoms with Gasteiger partial charge in [-0.05, 0) is 6.42 Å². The van der Waals surface area contributed by atoms with Crippen molar-refractivity contribution in [1.29, 1.82) is 0 Å². The van der Waals surface area contributed by atoms with Crippen molar-refractivity contribution in [1.82, 2.24) is 25.5 Å². The van der Waals surface area contributed by atoms with Gasteiger partial charge in [0, 0.05) is 26.1 Å². The summed E-state index contributed by atoms with van der Waals surface area (Å²) in [5, 5.41) is 6.04. The van der Waals surface area contributed by atoms with Crippen LogP contribution in [-0.2, 0) is 22.6 Å². The Morgan fingerprint density at radius 3 is 3.20 bits per heavy atom. The number of aromatic nitrogens is 2. The van der Waals surface area contributed by atoms with Gasteiger partial charge in [-0.2, -0.15) is 0 Å². The summed E-state index contributed by atoms with van der Waals surface area (Å²) in [5.41, 5.74) is 1.98. The van der Waals surface area contributed by atoms with Crippen molar-refractivity contribution in [3.8, 4) is 0 Å². The molecule has 3 N–H and O–H groups in total. The number of amides is 2. The van der Waals surface area contributed by atoms with Gasteiger partial charge >= 0.3 is 0 Å². The molecule has 0 aliphatic carbocycles. The van der Waals surface area contributed by atoms with E-state index in [0.29, 0.717) is 32.5 Å². The summed E-state index contributed by atoms with van der Waals surface area (Å²) in [7, 11) is 0. The third kappa shape index (κ3) is 2.18. The minimum Gasteiger partial charge on any atom is -0.353 e. The summed E-state index contributed by atoms with van der Waals surface area (Å²) in [5.74, 6) is -0.0521. The molecule has 0 saturated carbocycles. The van der Waals surface area contributed by atoms with Gasteiger partial charge in [-0.1, -0.05) is 6.92 Å². The Morgan fingerprint density at radius 1 is 1.55 bits per heavy atom. The summed E-state index contributed by atoms with van der Waals surface area (Å²) < 4.78 is 0. The zero-order chi connectivity index (χ0) is 14.1. The molecular formula is C13H19N5O2. The van der Waals surface area contributed by atoms with Crippen LogP contribution in [0.4, 0.5) is 0 Å². The van der Waals surface area contributed by atoms with Crippen molar-refractivity contribution in [2.45, 2.75) is 38.4 Å². The average molecular weight is 277 g/mol. The van der Waals surface area contributed by atoms with Gasteiger partial charge in [-0.3, -0.25) is 14.9 Å². The molecule has 1 fully saturated rings. The van der Waals surface area contributed by atoms with E-state index in [0.717, 1.165) is 11.4 Å². The first-order chi connectivity index (χ1) is 9.70. The standard InChI is InChI=1S/C13H19N5O2/c1-2-11-12(19)14-3-4-18(11)13(20)9-5-8-10(6-15-9)17-7-16-8/h7,9,11,15H,2-6H2,1H3,(H,14,19)(H,16,17). The Kier molecular flexibility index (Phi) is 3.43. The van der Waals surface area contributed by atoms with E-state index in [9.17, 15) is 9.59 Å². The lowest BCUT2D eigenvalue weighted by Gasteiger charge is -2.37. The molecular weight excluding hydrogens is 258 g/mol. The number of hydrogen-bond donors (Lipinski definition) is 3. The van der Waals surface area contributed by atoms with E-state index in [2.05, 4.69) is 20.6 Å². The van der Waals surface area contributed by atoms with Crippen molar-refractivity contribution in [2.75, 3.05) is 13.1 Å². The lowest BCUT2D eigenvalue weighted by atomic mass is 10.0. The van der Waals surface area contributed by atoms with Crippen LogP contribution in [0.2, 0.25) is 0 Å². The van der Waals surface area contributed by atoms with E-state index in [4.69, 9.17) is 0 Å². The quantitative estimate of drug-likeness (QED) is 0.657. The van der Waals surface area contributed by atoms with Crippen molar-refractivity contribution < 1.29 is 9.59 Å². The molecule has 2 unspecified atom stereocenters. The molecule has 3 rings (SSSR count). The summed E-state index contributed by atoms with van der Waals surface area (Å²) in [6, 6.07) is -0.635. The number of nitrogens with one attached hydrogen (secondary N) is 3. The number of aromatic amines is 1. The number of hydrogen-bond acceptors (Lipinski definition) is 4. The van der Waals surface area contributed by atoms with Crippen LogP contribution in [0.15, 0.2) is 6.33 Å². The van der Waals surface area contributed by atoms with E-state index >= 15 is 0 Å².